The summed E-state index contributed by atoms with van der Waals surface area (Å²) in [6.45, 7) is 2.36. The maximum atomic E-state index is 9.62. The first kappa shape index (κ1) is 12.7. The van der Waals surface area contributed by atoms with Gasteiger partial charge < -0.3 is 11.5 Å². The smallest absolute Gasteiger partial charge is 0.320 e. The van der Waals surface area contributed by atoms with Crippen LogP contribution >= 0.6 is 0 Å². The standard InChI is InChI=1S/C7H14.C2H5N3O2/c1-7-5-3-2-4-6-7;3-1(6)5-2(4)7/h7H,2-6H2,1H3;(H5,3,4,5,6,7). The van der Waals surface area contributed by atoms with Crippen molar-refractivity contribution in [3.8, 4) is 0 Å². The molecule has 1 saturated carbocycles. The fraction of sp³-hybridized carbons (Fsp3) is 0.778. The molecule has 0 atom stereocenters. The van der Waals surface area contributed by atoms with E-state index in [0.29, 0.717) is 0 Å². The van der Waals surface area contributed by atoms with Crippen molar-refractivity contribution in [1.29, 1.82) is 0 Å². The van der Waals surface area contributed by atoms with Gasteiger partial charge in [0.15, 0.2) is 0 Å². The van der Waals surface area contributed by atoms with E-state index in [0.717, 1.165) is 5.92 Å². The number of carbonyl (C=O) groups excluding carboxylic acids is 2. The third kappa shape index (κ3) is 8.83. The quantitative estimate of drug-likeness (QED) is 0.550. The van der Waals surface area contributed by atoms with Gasteiger partial charge in [-0.2, -0.15) is 0 Å². The predicted molar refractivity (Wildman–Crippen MR) is 54.6 cm³/mol. The minimum Gasteiger partial charge on any atom is -0.351 e. The number of rotatable bonds is 0. The highest BCUT2D eigenvalue weighted by Crippen LogP contribution is 2.21. The summed E-state index contributed by atoms with van der Waals surface area (Å²) >= 11 is 0. The molecular formula is C9H19N3O2. The Morgan fingerprint density at radius 3 is 1.64 bits per heavy atom. The lowest BCUT2D eigenvalue weighted by Gasteiger charge is -2.15. The van der Waals surface area contributed by atoms with Crippen molar-refractivity contribution in [3.63, 3.8) is 0 Å². The molecule has 0 aromatic rings. The highest BCUT2D eigenvalue weighted by Gasteiger charge is 2.05. The molecule has 0 unspecified atom stereocenters. The number of hydrogen-bond donors (Lipinski definition) is 3. The van der Waals surface area contributed by atoms with Gasteiger partial charge in [-0.25, -0.2) is 9.59 Å². The fourth-order valence-corrected chi connectivity index (χ4v) is 1.43. The van der Waals surface area contributed by atoms with Gasteiger partial charge in [0, 0.05) is 0 Å². The number of imide groups is 1. The van der Waals surface area contributed by atoms with Crippen LogP contribution < -0.4 is 16.8 Å². The van der Waals surface area contributed by atoms with Crippen LogP contribution in [0, 0.1) is 5.92 Å². The Morgan fingerprint density at radius 2 is 1.50 bits per heavy atom. The third-order valence-corrected chi connectivity index (χ3v) is 2.14. The molecule has 1 aliphatic carbocycles. The first-order valence-corrected chi connectivity index (χ1v) is 4.88. The van der Waals surface area contributed by atoms with Crippen LogP contribution in [0.2, 0.25) is 0 Å². The van der Waals surface area contributed by atoms with E-state index in [-0.39, 0.29) is 0 Å². The molecule has 0 aliphatic heterocycles. The number of nitrogens with two attached hydrogens (primary N) is 2. The number of nitrogens with one attached hydrogen (secondary N) is 1. The second-order valence-electron chi connectivity index (χ2n) is 3.60. The maximum Gasteiger partial charge on any atom is 0.320 e. The SMILES string of the molecule is CC1CCCCC1.NC(=O)NC(N)=O. The first-order chi connectivity index (χ1) is 6.52. The molecule has 82 valence electrons. The van der Waals surface area contributed by atoms with Crippen LogP contribution in [0.1, 0.15) is 39.0 Å². The number of amides is 4. The molecule has 0 aromatic heterocycles. The van der Waals surface area contributed by atoms with Crippen LogP contribution in [0.5, 0.6) is 0 Å². The monoisotopic (exact) mass is 201 g/mol. The second-order valence-corrected chi connectivity index (χ2v) is 3.60. The molecule has 0 bridgehead atoms. The highest BCUT2D eigenvalue weighted by atomic mass is 16.2. The minimum atomic E-state index is -0.938. The van der Waals surface area contributed by atoms with E-state index in [1.165, 1.54) is 32.1 Å². The van der Waals surface area contributed by atoms with E-state index < -0.39 is 12.1 Å². The molecule has 0 heterocycles. The van der Waals surface area contributed by atoms with E-state index in [2.05, 4.69) is 18.4 Å². The lowest BCUT2D eigenvalue weighted by molar-refractivity contribution is 0.236. The zero-order valence-corrected chi connectivity index (χ0v) is 8.58. The van der Waals surface area contributed by atoms with Crippen LogP contribution in [-0.4, -0.2) is 12.1 Å². The van der Waals surface area contributed by atoms with Crippen molar-refractivity contribution in [2.24, 2.45) is 17.4 Å². The summed E-state index contributed by atoms with van der Waals surface area (Å²) in [7, 11) is 0. The molecule has 1 fully saturated rings. The molecule has 5 nitrogen and oxygen atoms in total. The Kier molecular flexibility index (Phi) is 6.53. The Balaban J connectivity index is 0.000000241. The van der Waals surface area contributed by atoms with Gasteiger partial charge in [-0.3, -0.25) is 5.32 Å². The van der Waals surface area contributed by atoms with Gasteiger partial charge in [-0.05, 0) is 5.92 Å². The molecule has 0 saturated heterocycles. The first-order valence-electron chi connectivity index (χ1n) is 4.88. The maximum absolute atomic E-state index is 9.62. The number of primary amides is 2. The van der Waals surface area contributed by atoms with Crippen LogP contribution in [0.15, 0.2) is 0 Å². The summed E-state index contributed by atoms with van der Waals surface area (Å²) in [5.74, 6) is 1.04. The molecule has 1 aliphatic rings. The Morgan fingerprint density at radius 1 is 1.07 bits per heavy atom. The van der Waals surface area contributed by atoms with Crippen molar-refractivity contribution in [3.05, 3.63) is 0 Å². The Bertz CT molecular complexity index is 176. The van der Waals surface area contributed by atoms with E-state index >= 15 is 0 Å². The molecule has 0 radical (unpaired) electrons. The highest BCUT2D eigenvalue weighted by molar-refractivity contribution is 5.91. The van der Waals surface area contributed by atoms with Crippen LogP contribution in [0.4, 0.5) is 9.59 Å². The second kappa shape index (κ2) is 7.17. The van der Waals surface area contributed by atoms with Gasteiger partial charge in [0.1, 0.15) is 0 Å². The summed E-state index contributed by atoms with van der Waals surface area (Å²) in [5, 5.41) is 1.58. The Hall–Kier alpha value is -1.26. The summed E-state index contributed by atoms with van der Waals surface area (Å²) in [6.07, 6.45) is 7.44. The largest absolute Gasteiger partial charge is 0.351 e. The molecule has 5 heteroatoms. The van der Waals surface area contributed by atoms with Gasteiger partial charge in [-0.15, -0.1) is 0 Å². The van der Waals surface area contributed by atoms with Crippen molar-refractivity contribution in [2.75, 3.05) is 0 Å². The van der Waals surface area contributed by atoms with Gasteiger partial charge >= 0.3 is 12.1 Å². The molecule has 5 N–H and O–H groups in total. The number of carbonyl (C=O) groups is 2. The van der Waals surface area contributed by atoms with Gasteiger partial charge in [0.05, 0.1) is 0 Å². The summed E-state index contributed by atoms with van der Waals surface area (Å²) in [4.78, 5) is 19.2. The van der Waals surface area contributed by atoms with Gasteiger partial charge in [-0.1, -0.05) is 39.0 Å². The van der Waals surface area contributed by atoms with Crippen molar-refractivity contribution >= 4 is 12.1 Å². The minimum absolute atomic E-state index is 0.937. The molecular weight excluding hydrogens is 182 g/mol. The fourth-order valence-electron chi connectivity index (χ4n) is 1.43. The zero-order chi connectivity index (χ0) is 11.0. The topological polar surface area (TPSA) is 98.2 Å². The average Bonchev–Trinajstić information content (AvgIpc) is 2.03. The summed E-state index contributed by atoms with van der Waals surface area (Å²) in [5.41, 5.74) is 8.88. The van der Waals surface area contributed by atoms with Crippen molar-refractivity contribution in [2.45, 2.75) is 39.0 Å². The molecule has 4 amide bonds. The van der Waals surface area contributed by atoms with E-state index in [1.807, 2.05) is 0 Å². The third-order valence-electron chi connectivity index (χ3n) is 2.14. The number of hydrogen-bond acceptors (Lipinski definition) is 2. The zero-order valence-electron chi connectivity index (χ0n) is 8.58. The summed E-state index contributed by atoms with van der Waals surface area (Å²) in [6, 6.07) is -1.88. The van der Waals surface area contributed by atoms with Crippen molar-refractivity contribution in [1.82, 2.24) is 5.32 Å². The Labute approximate surface area is 84.2 Å². The van der Waals surface area contributed by atoms with Crippen LogP contribution in [-0.2, 0) is 0 Å². The van der Waals surface area contributed by atoms with Gasteiger partial charge in [0.25, 0.3) is 0 Å². The predicted octanol–water partition coefficient (Wildman–Crippen LogP) is 1.32. The van der Waals surface area contributed by atoms with E-state index in [1.54, 1.807) is 5.32 Å². The lowest BCUT2D eigenvalue weighted by atomic mass is 9.91. The van der Waals surface area contributed by atoms with E-state index in [4.69, 9.17) is 0 Å². The summed E-state index contributed by atoms with van der Waals surface area (Å²) < 4.78 is 0. The average molecular weight is 201 g/mol. The van der Waals surface area contributed by atoms with E-state index in [9.17, 15) is 9.59 Å². The molecule has 0 aromatic carbocycles. The molecule has 1 rings (SSSR count). The van der Waals surface area contributed by atoms with Crippen LogP contribution in [0.25, 0.3) is 0 Å². The lowest BCUT2D eigenvalue weighted by Crippen LogP contribution is -2.38. The number of urea groups is 2. The van der Waals surface area contributed by atoms with Crippen LogP contribution in [0.3, 0.4) is 0 Å². The van der Waals surface area contributed by atoms with Gasteiger partial charge in [0.2, 0.25) is 0 Å². The normalized spacial score (nSPS) is 16.4. The molecule has 0 spiro atoms. The molecule has 14 heavy (non-hydrogen) atoms. The van der Waals surface area contributed by atoms with Crippen molar-refractivity contribution < 1.29 is 9.59 Å².